The summed E-state index contributed by atoms with van der Waals surface area (Å²) in [5.41, 5.74) is 2.51. The lowest BCUT2D eigenvalue weighted by Gasteiger charge is -2.20. The number of hydrogen-bond donors (Lipinski definition) is 1. The van der Waals surface area contributed by atoms with Crippen molar-refractivity contribution in [3.63, 3.8) is 0 Å². The van der Waals surface area contributed by atoms with E-state index in [-0.39, 0.29) is 34.9 Å². The Hall–Kier alpha value is -4.05. The average molecular weight is 476 g/mol. The molecule has 0 saturated heterocycles. The van der Waals surface area contributed by atoms with Crippen LogP contribution in [0.25, 0.3) is 16.2 Å². The van der Waals surface area contributed by atoms with Gasteiger partial charge in [-0.2, -0.15) is 4.98 Å². The number of imide groups is 1. The lowest BCUT2D eigenvalue weighted by molar-refractivity contribution is 0.0593. The number of methoxy groups -OCH3 is 1. The van der Waals surface area contributed by atoms with Gasteiger partial charge in [-0.1, -0.05) is 19.1 Å². The van der Waals surface area contributed by atoms with E-state index in [2.05, 4.69) is 15.4 Å². The summed E-state index contributed by atoms with van der Waals surface area (Å²) < 4.78 is 6.95. The molecule has 2 aromatic heterocycles. The fourth-order valence-electron chi connectivity index (χ4n) is 3.87. The molecule has 0 spiro atoms. The van der Waals surface area contributed by atoms with E-state index in [1.807, 2.05) is 43.5 Å². The third-order valence-electron chi connectivity index (χ3n) is 5.88. The number of carbonyl (C=O) groups is 3. The molecule has 3 heterocycles. The highest BCUT2D eigenvalue weighted by Crippen LogP contribution is 2.29. The van der Waals surface area contributed by atoms with E-state index < -0.39 is 5.91 Å². The van der Waals surface area contributed by atoms with Gasteiger partial charge >= 0.3 is 0 Å². The van der Waals surface area contributed by atoms with Crippen molar-refractivity contribution in [1.29, 1.82) is 0 Å². The van der Waals surface area contributed by atoms with Crippen molar-refractivity contribution in [2.75, 3.05) is 12.4 Å². The van der Waals surface area contributed by atoms with Crippen LogP contribution in [0.4, 0.5) is 5.95 Å². The van der Waals surface area contributed by atoms with Crippen LogP contribution in [0, 0.1) is 0 Å². The minimum absolute atomic E-state index is 0.144. The Bertz CT molecular complexity index is 1460. The van der Waals surface area contributed by atoms with Gasteiger partial charge in [0.25, 0.3) is 23.7 Å². The van der Waals surface area contributed by atoms with Crippen LogP contribution < -0.4 is 10.1 Å². The summed E-state index contributed by atoms with van der Waals surface area (Å²) in [4.78, 5) is 44.5. The van der Waals surface area contributed by atoms with Crippen LogP contribution in [0.1, 0.15) is 51.3 Å². The van der Waals surface area contributed by atoms with Crippen molar-refractivity contribution in [2.24, 2.45) is 0 Å². The van der Waals surface area contributed by atoms with Crippen LogP contribution >= 0.6 is 11.3 Å². The van der Waals surface area contributed by atoms with E-state index in [0.717, 1.165) is 17.0 Å². The molecule has 172 valence electrons. The molecule has 1 N–H and O–H groups in total. The predicted molar refractivity (Wildman–Crippen MR) is 128 cm³/mol. The van der Waals surface area contributed by atoms with Crippen molar-refractivity contribution in [3.05, 3.63) is 64.5 Å². The van der Waals surface area contributed by atoms with Gasteiger partial charge < -0.3 is 4.74 Å². The quantitative estimate of drug-likeness (QED) is 0.421. The topological polar surface area (TPSA) is 106 Å². The number of rotatable bonds is 6. The smallest absolute Gasteiger partial charge is 0.261 e. The maximum atomic E-state index is 12.9. The first-order valence-electron chi connectivity index (χ1n) is 10.7. The second kappa shape index (κ2) is 8.38. The van der Waals surface area contributed by atoms with E-state index in [0.29, 0.717) is 16.9 Å². The molecule has 10 heteroatoms. The van der Waals surface area contributed by atoms with Crippen LogP contribution in [-0.2, 0) is 0 Å². The number of benzene rings is 2. The molecule has 0 bridgehead atoms. The molecule has 1 atom stereocenters. The first-order valence-corrected chi connectivity index (χ1v) is 11.6. The van der Waals surface area contributed by atoms with Gasteiger partial charge in [0.05, 0.1) is 23.9 Å². The molecule has 0 aliphatic carbocycles. The number of nitrogens with one attached hydrogen (secondary N) is 1. The molecule has 1 aliphatic heterocycles. The van der Waals surface area contributed by atoms with Crippen molar-refractivity contribution in [2.45, 2.75) is 26.3 Å². The second-order valence-electron chi connectivity index (χ2n) is 7.93. The fraction of sp³-hybridized carbons (Fsp3) is 0.208. The summed E-state index contributed by atoms with van der Waals surface area (Å²) in [6, 6.07) is 11.9. The SMILES string of the molecule is CCC(C)N1C(=O)c2ccc(C(=O)Nc3nc4scc(-c5cccc(OC)c5)n4n3)cc2C1=O. The van der Waals surface area contributed by atoms with Crippen LogP contribution in [0.15, 0.2) is 47.8 Å². The Morgan fingerprint density at radius 1 is 1.15 bits per heavy atom. The second-order valence-corrected chi connectivity index (χ2v) is 8.77. The van der Waals surface area contributed by atoms with Gasteiger partial charge in [0.1, 0.15) is 5.75 Å². The highest BCUT2D eigenvalue weighted by atomic mass is 32.1. The van der Waals surface area contributed by atoms with Crippen LogP contribution in [-0.4, -0.2) is 50.4 Å². The molecule has 5 rings (SSSR count). The molecule has 2 aromatic carbocycles. The molecular weight excluding hydrogens is 454 g/mol. The molecule has 1 aliphatic rings. The zero-order valence-electron chi connectivity index (χ0n) is 18.7. The van der Waals surface area contributed by atoms with Crippen LogP contribution in [0.5, 0.6) is 5.75 Å². The van der Waals surface area contributed by atoms with Gasteiger partial charge in [-0.3, -0.25) is 24.6 Å². The molecule has 0 radical (unpaired) electrons. The Balaban J connectivity index is 1.40. The van der Waals surface area contributed by atoms with Gasteiger partial charge in [-0.25, -0.2) is 4.52 Å². The lowest BCUT2D eigenvalue weighted by Crippen LogP contribution is -2.37. The Morgan fingerprint density at radius 2 is 1.94 bits per heavy atom. The molecule has 0 fully saturated rings. The number of fused-ring (bicyclic) bond motifs is 2. The molecular formula is C24H21N5O4S. The Morgan fingerprint density at radius 3 is 2.71 bits per heavy atom. The van der Waals surface area contributed by atoms with Crippen molar-refractivity contribution < 1.29 is 19.1 Å². The van der Waals surface area contributed by atoms with E-state index >= 15 is 0 Å². The van der Waals surface area contributed by atoms with E-state index in [1.54, 1.807) is 11.6 Å². The van der Waals surface area contributed by atoms with Crippen LogP contribution in [0.2, 0.25) is 0 Å². The number of thiazole rings is 1. The minimum Gasteiger partial charge on any atom is -0.497 e. The number of ether oxygens (including phenoxy) is 1. The minimum atomic E-state index is -0.466. The predicted octanol–water partition coefficient (Wildman–Crippen LogP) is 4.11. The van der Waals surface area contributed by atoms with Crippen molar-refractivity contribution >= 4 is 40.0 Å². The first kappa shape index (κ1) is 21.8. The zero-order valence-corrected chi connectivity index (χ0v) is 19.5. The maximum Gasteiger partial charge on any atom is 0.261 e. The normalized spacial score (nSPS) is 13.9. The van der Waals surface area contributed by atoms with E-state index in [9.17, 15) is 14.4 Å². The van der Waals surface area contributed by atoms with Gasteiger partial charge in [-0.05, 0) is 43.7 Å². The number of hydrogen-bond acceptors (Lipinski definition) is 7. The number of anilines is 1. The zero-order chi connectivity index (χ0) is 24.0. The third-order valence-corrected chi connectivity index (χ3v) is 6.70. The number of nitrogens with zero attached hydrogens (tertiary/aromatic N) is 4. The maximum absolute atomic E-state index is 12.9. The summed E-state index contributed by atoms with van der Waals surface area (Å²) >= 11 is 1.40. The number of carbonyl (C=O) groups excluding carboxylic acids is 3. The molecule has 34 heavy (non-hydrogen) atoms. The molecule has 3 amide bonds. The van der Waals surface area contributed by atoms with Crippen LogP contribution in [0.3, 0.4) is 0 Å². The first-order chi connectivity index (χ1) is 16.4. The molecule has 1 unspecified atom stereocenters. The number of amides is 3. The highest BCUT2D eigenvalue weighted by Gasteiger charge is 2.38. The van der Waals surface area contributed by atoms with Crippen molar-refractivity contribution in [3.8, 4) is 17.0 Å². The largest absolute Gasteiger partial charge is 0.497 e. The third kappa shape index (κ3) is 3.52. The fourth-order valence-corrected chi connectivity index (χ4v) is 4.70. The monoisotopic (exact) mass is 475 g/mol. The van der Waals surface area contributed by atoms with Gasteiger partial charge in [0, 0.05) is 22.5 Å². The number of aromatic nitrogens is 3. The van der Waals surface area contributed by atoms with Gasteiger partial charge in [0.2, 0.25) is 4.96 Å². The molecule has 9 nitrogen and oxygen atoms in total. The standard InChI is InChI=1S/C24H21N5O4S/c1-4-13(2)28-21(31)17-9-8-15(11-18(17)22(28)32)20(30)25-23-26-24-29(27-23)19(12-34-24)14-6-5-7-16(10-14)33-3/h5-13H,4H2,1-3H3,(H,25,27,30). The van der Waals surface area contributed by atoms with E-state index in [1.165, 1.54) is 34.4 Å². The summed E-state index contributed by atoms with van der Waals surface area (Å²) in [5, 5.41) is 9.05. The molecule has 4 aromatic rings. The Kier molecular flexibility index (Phi) is 5.37. The lowest BCUT2D eigenvalue weighted by atomic mass is 10.1. The van der Waals surface area contributed by atoms with Gasteiger partial charge in [0.15, 0.2) is 0 Å². The summed E-state index contributed by atoms with van der Waals surface area (Å²) in [5.74, 6) is -0.312. The average Bonchev–Trinajstić information content (AvgIpc) is 3.50. The Labute approximate surface area is 199 Å². The summed E-state index contributed by atoms with van der Waals surface area (Å²) in [7, 11) is 1.61. The highest BCUT2D eigenvalue weighted by molar-refractivity contribution is 7.15. The summed E-state index contributed by atoms with van der Waals surface area (Å²) in [6.45, 7) is 3.74. The van der Waals surface area contributed by atoms with Crippen molar-refractivity contribution in [1.82, 2.24) is 19.5 Å². The van der Waals surface area contributed by atoms with Gasteiger partial charge in [-0.15, -0.1) is 16.4 Å². The summed E-state index contributed by atoms with van der Waals surface area (Å²) in [6.07, 6.45) is 0.652. The van der Waals surface area contributed by atoms with E-state index in [4.69, 9.17) is 4.74 Å². The molecule has 0 saturated carbocycles.